The summed E-state index contributed by atoms with van der Waals surface area (Å²) in [5.41, 5.74) is 5.99. The van der Waals surface area contributed by atoms with Gasteiger partial charge in [0, 0.05) is 11.9 Å². The average molecular weight is 278 g/mol. The van der Waals surface area contributed by atoms with Gasteiger partial charge in [0.05, 0.1) is 12.2 Å². The maximum Gasteiger partial charge on any atom is 0.115 e. The lowest BCUT2D eigenvalue weighted by Gasteiger charge is -2.20. The minimum atomic E-state index is 0.0907. The smallest absolute Gasteiger partial charge is 0.115 e. The fourth-order valence-electron chi connectivity index (χ4n) is 2.70. The van der Waals surface area contributed by atoms with E-state index in [-0.39, 0.29) is 11.7 Å². The third kappa shape index (κ3) is 2.55. The Hall–Kier alpha value is -2.55. The second kappa shape index (κ2) is 5.44. The average Bonchev–Trinajstić information content (AvgIpc) is 3.00. The summed E-state index contributed by atoms with van der Waals surface area (Å²) in [5, 5.41) is 9.52. The molecule has 0 saturated heterocycles. The molecule has 0 bridgehead atoms. The highest BCUT2D eigenvalue weighted by atomic mass is 16.3. The van der Waals surface area contributed by atoms with Crippen LogP contribution >= 0.6 is 0 Å². The molecule has 0 aliphatic rings. The van der Waals surface area contributed by atoms with Gasteiger partial charge in [-0.3, -0.25) is 0 Å². The van der Waals surface area contributed by atoms with Crippen molar-refractivity contribution in [3.05, 3.63) is 82.9 Å². The van der Waals surface area contributed by atoms with Gasteiger partial charge in [-0.25, -0.2) is 4.98 Å². The van der Waals surface area contributed by atoms with Crippen LogP contribution in [0, 0.1) is 13.8 Å². The highest BCUT2D eigenvalue weighted by Gasteiger charge is 2.20. The summed E-state index contributed by atoms with van der Waals surface area (Å²) < 4.78 is 0. The van der Waals surface area contributed by atoms with E-state index in [1.807, 2.05) is 18.3 Å². The van der Waals surface area contributed by atoms with Gasteiger partial charge in [0.25, 0.3) is 0 Å². The number of nitrogens with zero attached hydrogens (tertiary/aromatic N) is 1. The zero-order chi connectivity index (χ0) is 14.8. The molecule has 3 nitrogen and oxygen atoms in total. The highest BCUT2D eigenvalue weighted by Crippen LogP contribution is 2.34. The normalized spacial score (nSPS) is 12.3. The number of aryl methyl sites for hydroxylation is 1. The predicted molar refractivity (Wildman–Crippen MR) is 83.6 cm³/mol. The Labute approximate surface area is 124 Å². The first kappa shape index (κ1) is 13.4. The van der Waals surface area contributed by atoms with Crippen LogP contribution < -0.4 is 0 Å². The topological polar surface area (TPSA) is 48.9 Å². The molecule has 21 heavy (non-hydrogen) atoms. The van der Waals surface area contributed by atoms with Crippen LogP contribution in [0.3, 0.4) is 0 Å². The van der Waals surface area contributed by atoms with Crippen molar-refractivity contribution in [2.75, 3.05) is 0 Å². The number of aromatic amines is 1. The molecule has 0 radical (unpaired) electrons. The van der Waals surface area contributed by atoms with Gasteiger partial charge < -0.3 is 10.1 Å². The van der Waals surface area contributed by atoms with Crippen LogP contribution in [0.2, 0.25) is 0 Å². The van der Waals surface area contributed by atoms with Crippen molar-refractivity contribution in [3.8, 4) is 5.75 Å². The van der Waals surface area contributed by atoms with Gasteiger partial charge >= 0.3 is 0 Å². The summed E-state index contributed by atoms with van der Waals surface area (Å²) in [6.07, 6.45) is 3.56. The van der Waals surface area contributed by atoms with Gasteiger partial charge in [-0.1, -0.05) is 30.3 Å². The number of phenols is 1. The lowest BCUT2D eigenvalue weighted by molar-refractivity contribution is 0.475. The van der Waals surface area contributed by atoms with Crippen LogP contribution in [0.25, 0.3) is 0 Å². The summed E-state index contributed by atoms with van der Waals surface area (Å²) in [4.78, 5) is 7.38. The zero-order valence-electron chi connectivity index (χ0n) is 12.2. The van der Waals surface area contributed by atoms with E-state index in [0.717, 1.165) is 11.3 Å². The summed E-state index contributed by atoms with van der Waals surface area (Å²) in [7, 11) is 0. The van der Waals surface area contributed by atoms with Gasteiger partial charge in [-0.15, -0.1) is 0 Å². The molecule has 0 aliphatic heterocycles. The molecule has 106 valence electrons. The van der Waals surface area contributed by atoms with E-state index in [4.69, 9.17) is 0 Å². The molecule has 1 unspecified atom stereocenters. The summed E-state index contributed by atoms with van der Waals surface area (Å²) in [6, 6.07) is 13.7. The van der Waals surface area contributed by atoms with Crippen LogP contribution in [-0.2, 0) is 0 Å². The quantitative estimate of drug-likeness (QED) is 0.763. The molecular weight excluding hydrogens is 260 g/mol. The Balaban J connectivity index is 2.17. The van der Waals surface area contributed by atoms with E-state index in [2.05, 4.69) is 42.0 Å². The molecule has 2 aromatic carbocycles. The zero-order valence-corrected chi connectivity index (χ0v) is 12.2. The largest absolute Gasteiger partial charge is 0.508 e. The molecule has 0 saturated carbocycles. The predicted octanol–water partition coefficient (Wildman–Crippen LogP) is 3.91. The summed E-state index contributed by atoms with van der Waals surface area (Å²) in [5.74, 6) is 0.371. The number of aromatic hydroxyl groups is 1. The number of rotatable bonds is 3. The maximum atomic E-state index is 9.52. The van der Waals surface area contributed by atoms with E-state index in [9.17, 15) is 5.11 Å². The lowest BCUT2D eigenvalue weighted by Crippen LogP contribution is -2.06. The molecule has 0 spiro atoms. The number of hydrogen-bond acceptors (Lipinski definition) is 2. The molecular formula is C18H18N2O. The number of phenolic OH excluding ortho intramolecular Hbond substituents is 1. The molecule has 2 N–H and O–H groups in total. The molecule has 3 rings (SSSR count). The molecule has 3 aromatic rings. The first-order valence-corrected chi connectivity index (χ1v) is 7.00. The third-order valence-electron chi connectivity index (χ3n) is 4.01. The Morgan fingerprint density at radius 1 is 1.05 bits per heavy atom. The number of H-pyrrole nitrogens is 1. The molecule has 3 heteroatoms. The molecule has 1 heterocycles. The van der Waals surface area contributed by atoms with Crippen molar-refractivity contribution < 1.29 is 5.11 Å². The monoisotopic (exact) mass is 278 g/mol. The van der Waals surface area contributed by atoms with Crippen molar-refractivity contribution in [2.24, 2.45) is 0 Å². The lowest BCUT2D eigenvalue weighted by atomic mass is 9.85. The van der Waals surface area contributed by atoms with Crippen LogP contribution in [-0.4, -0.2) is 15.1 Å². The standard InChI is InChI=1S/C18H18N2O/c1-12-4-3-5-16(13(12)2)18(17-10-19-11-20-17)14-6-8-15(21)9-7-14/h3-11,18,21H,1-2H3,(H,19,20). The van der Waals surface area contributed by atoms with E-state index in [1.54, 1.807) is 18.5 Å². The van der Waals surface area contributed by atoms with Gasteiger partial charge in [0.15, 0.2) is 0 Å². The van der Waals surface area contributed by atoms with Crippen molar-refractivity contribution >= 4 is 0 Å². The SMILES string of the molecule is Cc1cccc(C(c2ccc(O)cc2)c2cnc[nH]2)c1C. The van der Waals surface area contributed by atoms with Gasteiger partial charge in [0.1, 0.15) is 5.75 Å². The van der Waals surface area contributed by atoms with E-state index < -0.39 is 0 Å². The van der Waals surface area contributed by atoms with Gasteiger partial charge in [0.2, 0.25) is 0 Å². The van der Waals surface area contributed by atoms with Crippen LogP contribution in [0.15, 0.2) is 55.0 Å². The van der Waals surface area contributed by atoms with E-state index in [0.29, 0.717) is 0 Å². The van der Waals surface area contributed by atoms with E-state index in [1.165, 1.54) is 16.7 Å². The minimum absolute atomic E-state index is 0.0907. The van der Waals surface area contributed by atoms with Crippen molar-refractivity contribution in [2.45, 2.75) is 19.8 Å². The van der Waals surface area contributed by atoms with Crippen LogP contribution in [0.1, 0.15) is 33.9 Å². The summed E-state index contributed by atoms with van der Waals surface area (Å²) in [6.45, 7) is 4.27. The van der Waals surface area contributed by atoms with Crippen LogP contribution in [0.5, 0.6) is 5.75 Å². The van der Waals surface area contributed by atoms with Crippen molar-refractivity contribution in [1.82, 2.24) is 9.97 Å². The minimum Gasteiger partial charge on any atom is -0.508 e. The molecule has 0 aliphatic carbocycles. The number of nitrogens with one attached hydrogen (secondary N) is 1. The third-order valence-corrected chi connectivity index (χ3v) is 4.01. The Bertz CT molecular complexity index is 730. The summed E-state index contributed by atoms with van der Waals surface area (Å²) >= 11 is 0. The van der Waals surface area contributed by atoms with Gasteiger partial charge in [-0.2, -0.15) is 0 Å². The van der Waals surface area contributed by atoms with Crippen molar-refractivity contribution in [3.63, 3.8) is 0 Å². The highest BCUT2D eigenvalue weighted by molar-refractivity contribution is 5.46. The number of hydrogen-bond donors (Lipinski definition) is 2. The van der Waals surface area contributed by atoms with Crippen molar-refractivity contribution in [1.29, 1.82) is 0 Å². The Kier molecular flexibility index (Phi) is 3.48. The fourth-order valence-corrected chi connectivity index (χ4v) is 2.70. The van der Waals surface area contributed by atoms with Gasteiger partial charge in [-0.05, 0) is 48.2 Å². The Morgan fingerprint density at radius 2 is 1.81 bits per heavy atom. The maximum absolute atomic E-state index is 9.52. The fraction of sp³-hybridized carbons (Fsp3) is 0.167. The molecule has 0 fully saturated rings. The van der Waals surface area contributed by atoms with Crippen LogP contribution in [0.4, 0.5) is 0 Å². The second-order valence-corrected chi connectivity index (χ2v) is 5.32. The Morgan fingerprint density at radius 3 is 2.48 bits per heavy atom. The first-order valence-electron chi connectivity index (χ1n) is 7.00. The number of benzene rings is 2. The molecule has 1 aromatic heterocycles. The molecule has 1 atom stereocenters. The number of imidazole rings is 1. The number of aromatic nitrogens is 2. The van der Waals surface area contributed by atoms with E-state index >= 15 is 0 Å². The first-order chi connectivity index (χ1) is 10.2. The molecule has 0 amide bonds. The second-order valence-electron chi connectivity index (χ2n) is 5.32.